The lowest BCUT2D eigenvalue weighted by atomic mass is 9.89. The molecule has 0 aliphatic carbocycles. The predicted octanol–water partition coefficient (Wildman–Crippen LogP) is 4.81. The highest BCUT2D eigenvalue weighted by Crippen LogP contribution is 2.33. The van der Waals surface area contributed by atoms with Crippen LogP contribution >= 0.6 is 0 Å². The molecule has 4 nitrogen and oxygen atoms in total. The number of fused-ring (bicyclic) bond motifs is 1. The fourth-order valence-corrected chi connectivity index (χ4v) is 4.11. The van der Waals surface area contributed by atoms with Crippen molar-refractivity contribution in [2.24, 2.45) is 0 Å². The molecule has 1 aliphatic rings. The first-order valence-corrected chi connectivity index (χ1v) is 10.2. The summed E-state index contributed by atoms with van der Waals surface area (Å²) in [7, 11) is 0. The van der Waals surface area contributed by atoms with Gasteiger partial charge in [-0.3, -0.25) is 0 Å². The van der Waals surface area contributed by atoms with Gasteiger partial charge in [-0.1, -0.05) is 18.2 Å². The van der Waals surface area contributed by atoms with Crippen LogP contribution in [-0.4, -0.2) is 47.3 Å². The minimum Gasteiger partial charge on any atom is -0.490 e. The van der Waals surface area contributed by atoms with Crippen molar-refractivity contribution in [3.05, 3.63) is 65.9 Å². The van der Waals surface area contributed by atoms with Crippen molar-refractivity contribution in [2.75, 3.05) is 26.2 Å². The van der Waals surface area contributed by atoms with E-state index in [0.29, 0.717) is 6.54 Å². The molecular weight excluding hydrogens is 393 g/mol. The van der Waals surface area contributed by atoms with Gasteiger partial charge >= 0.3 is 6.18 Å². The first-order valence-electron chi connectivity index (χ1n) is 10.2. The second-order valence-electron chi connectivity index (χ2n) is 7.85. The van der Waals surface area contributed by atoms with E-state index >= 15 is 0 Å². The molecule has 1 aromatic heterocycles. The van der Waals surface area contributed by atoms with Crippen LogP contribution in [0.1, 0.15) is 29.9 Å². The summed E-state index contributed by atoms with van der Waals surface area (Å²) in [5, 5.41) is 11.4. The van der Waals surface area contributed by atoms with Crippen molar-refractivity contribution in [3.63, 3.8) is 0 Å². The molecule has 1 fully saturated rings. The Kier molecular flexibility index (Phi) is 6.01. The van der Waals surface area contributed by atoms with Gasteiger partial charge in [0, 0.05) is 23.6 Å². The highest BCUT2D eigenvalue weighted by atomic mass is 19.4. The summed E-state index contributed by atoms with van der Waals surface area (Å²) in [5.41, 5.74) is 1.33. The summed E-state index contributed by atoms with van der Waals surface area (Å²) in [6.45, 7) is 2.33. The molecule has 0 bridgehead atoms. The quantitative estimate of drug-likeness (QED) is 0.604. The summed E-state index contributed by atoms with van der Waals surface area (Å²) in [6, 6.07) is 13.2. The molecule has 7 heteroatoms. The number of hydrogen-bond acceptors (Lipinski definition) is 3. The highest BCUT2D eigenvalue weighted by molar-refractivity contribution is 5.85. The van der Waals surface area contributed by atoms with Gasteiger partial charge in [0.25, 0.3) is 0 Å². The van der Waals surface area contributed by atoms with E-state index in [4.69, 9.17) is 4.74 Å². The van der Waals surface area contributed by atoms with Crippen molar-refractivity contribution in [3.8, 4) is 5.75 Å². The Bertz CT molecular complexity index is 960. The third-order valence-electron chi connectivity index (χ3n) is 5.75. The van der Waals surface area contributed by atoms with E-state index in [9.17, 15) is 18.3 Å². The minimum absolute atomic E-state index is 0.211. The number of nitrogens with one attached hydrogen (secondary N) is 1. The summed E-state index contributed by atoms with van der Waals surface area (Å²) in [4.78, 5) is 5.32. The van der Waals surface area contributed by atoms with Gasteiger partial charge in [0.1, 0.15) is 18.5 Å². The van der Waals surface area contributed by atoms with Gasteiger partial charge in [-0.25, -0.2) is 0 Å². The van der Waals surface area contributed by atoms with Crippen molar-refractivity contribution >= 4 is 10.9 Å². The fraction of sp³-hybridized carbons (Fsp3) is 0.391. The molecule has 3 aromatic rings. The molecule has 0 amide bonds. The van der Waals surface area contributed by atoms with Crippen molar-refractivity contribution < 1.29 is 23.0 Å². The molecule has 2 heterocycles. The lowest BCUT2D eigenvalue weighted by Gasteiger charge is -2.33. The average Bonchev–Trinajstić information content (AvgIpc) is 3.22. The molecule has 1 aliphatic heterocycles. The monoisotopic (exact) mass is 418 g/mol. The Labute approximate surface area is 173 Å². The van der Waals surface area contributed by atoms with Gasteiger partial charge in [-0.05, 0) is 67.7 Å². The van der Waals surface area contributed by atoms with Crippen LogP contribution in [0, 0.1) is 0 Å². The molecular formula is C23H25F3N2O2. The number of aromatic amines is 1. The van der Waals surface area contributed by atoms with E-state index in [2.05, 4.69) is 9.88 Å². The maximum absolute atomic E-state index is 12.7. The van der Waals surface area contributed by atoms with Gasteiger partial charge in [-0.15, -0.1) is 0 Å². The molecule has 160 valence electrons. The maximum atomic E-state index is 12.7. The van der Waals surface area contributed by atoms with Gasteiger partial charge in [0.2, 0.25) is 0 Å². The number of hydrogen-bond donors (Lipinski definition) is 2. The van der Waals surface area contributed by atoms with E-state index < -0.39 is 17.8 Å². The second-order valence-corrected chi connectivity index (χ2v) is 7.85. The number of aliphatic hydroxyl groups is 1. The number of rotatable bonds is 6. The van der Waals surface area contributed by atoms with E-state index in [1.165, 1.54) is 0 Å². The van der Waals surface area contributed by atoms with Gasteiger partial charge < -0.3 is 19.7 Å². The number of β-amino-alcohol motifs (C(OH)–C–C–N with tert-alkyl or cyclic N) is 1. The smallest absolute Gasteiger partial charge is 0.416 e. The minimum atomic E-state index is -4.30. The third-order valence-corrected chi connectivity index (χ3v) is 5.75. The number of aromatic nitrogens is 1. The first kappa shape index (κ1) is 20.8. The SMILES string of the molecule is O[C@H](COc1cccc2[nH]ccc12)CN1CCC(c2ccc(C(F)(F)F)cc2)CC1. The number of alkyl halides is 3. The molecule has 0 saturated carbocycles. The second kappa shape index (κ2) is 8.70. The van der Waals surface area contributed by atoms with Gasteiger partial charge in [-0.2, -0.15) is 13.2 Å². The summed E-state index contributed by atoms with van der Waals surface area (Å²) in [6.07, 6.45) is -1.33. The number of ether oxygens (including phenoxy) is 1. The van der Waals surface area contributed by atoms with Crippen molar-refractivity contribution in [1.82, 2.24) is 9.88 Å². The highest BCUT2D eigenvalue weighted by Gasteiger charge is 2.30. The first-order chi connectivity index (χ1) is 14.4. The van der Waals surface area contributed by atoms with Crippen LogP contribution in [-0.2, 0) is 6.18 Å². The number of likely N-dealkylation sites (tertiary alicyclic amines) is 1. The molecule has 1 atom stereocenters. The number of aliphatic hydroxyl groups excluding tert-OH is 1. The lowest BCUT2D eigenvalue weighted by Crippen LogP contribution is -2.40. The largest absolute Gasteiger partial charge is 0.490 e. The lowest BCUT2D eigenvalue weighted by molar-refractivity contribution is -0.137. The Morgan fingerprint density at radius 3 is 2.50 bits per heavy atom. The van der Waals surface area contributed by atoms with Crippen LogP contribution < -0.4 is 4.74 Å². The van der Waals surface area contributed by atoms with Gasteiger partial charge in [0.05, 0.1) is 5.56 Å². The molecule has 30 heavy (non-hydrogen) atoms. The molecule has 2 N–H and O–H groups in total. The zero-order chi connectivity index (χ0) is 21.1. The topological polar surface area (TPSA) is 48.5 Å². The Morgan fingerprint density at radius 1 is 1.07 bits per heavy atom. The van der Waals surface area contributed by atoms with Crippen molar-refractivity contribution in [2.45, 2.75) is 31.0 Å². The number of benzene rings is 2. The molecule has 4 rings (SSSR count). The van der Waals surface area contributed by atoms with Crippen molar-refractivity contribution in [1.29, 1.82) is 0 Å². The van der Waals surface area contributed by atoms with Crippen LogP contribution in [0.15, 0.2) is 54.7 Å². The molecule has 2 aromatic carbocycles. The van der Waals surface area contributed by atoms with Crippen LogP contribution in [0.5, 0.6) is 5.75 Å². The summed E-state index contributed by atoms with van der Waals surface area (Å²) >= 11 is 0. The average molecular weight is 418 g/mol. The number of halogens is 3. The third kappa shape index (κ3) is 4.79. The normalized spacial score (nSPS) is 17.3. The summed E-state index contributed by atoms with van der Waals surface area (Å²) < 4.78 is 44.0. The zero-order valence-electron chi connectivity index (χ0n) is 16.5. The molecule has 1 saturated heterocycles. The number of nitrogens with zero attached hydrogens (tertiary/aromatic N) is 1. The van der Waals surface area contributed by atoms with E-state index in [1.807, 2.05) is 30.5 Å². The predicted molar refractivity (Wildman–Crippen MR) is 110 cm³/mol. The van der Waals surface area contributed by atoms with E-state index in [-0.39, 0.29) is 12.5 Å². The van der Waals surface area contributed by atoms with Crippen LogP contribution in [0.25, 0.3) is 10.9 Å². The van der Waals surface area contributed by atoms with Crippen LogP contribution in [0.2, 0.25) is 0 Å². The number of piperidine rings is 1. The fourth-order valence-electron chi connectivity index (χ4n) is 4.11. The maximum Gasteiger partial charge on any atom is 0.416 e. The van der Waals surface area contributed by atoms with Crippen LogP contribution in [0.4, 0.5) is 13.2 Å². The Balaban J connectivity index is 1.25. The standard InChI is InChI=1S/C23H25F3N2O2/c24-23(25,26)18-6-4-16(5-7-18)17-9-12-28(13-10-17)14-19(29)15-30-22-3-1-2-21-20(22)8-11-27-21/h1-8,11,17,19,27,29H,9-10,12-15H2/t19-/m0/s1. The van der Waals surface area contributed by atoms with Crippen LogP contribution in [0.3, 0.4) is 0 Å². The Hall–Kier alpha value is -2.51. The van der Waals surface area contributed by atoms with E-state index in [1.54, 1.807) is 12.1 Å². The molecule has 0 spiro atoms. The van der Waals surface area contributed by atoms with Gasteiger partial charge in [0.15, 0.2) is 0 Å². The Morgan fingerprint density at radius 2 is 1.80 bits per heavy atom. The summed E-state index contributed by atoms with van der Waals surface area (Å²) in [5.74, 6) is 0.997. The number of H-pyrrole nitrogens is 1. The molecule has 0 radical (unpaired) electrons. The zero-order valence-corrected chi connectivity index (χ0v) is 16.5. The van der Waals surface area contributed by atoms with E-state index in [0.717, 1.165) is 60.3 Å². The molecule has 0 unspecified atom stereocenters.